The number of amides is 1. The first kappa shape index (κ1) is 19.1. The van der Waals surface area contributed by atoms with E-state index in [9.17, 15) is 19.7 Å². The molecule has 0 heterocycles. The molecule has 0 aromatic heterocycles. The normalized spacial score (nSPS) is 11.4. The Balaban J connectivity index is 1.90. The number of nitrogens with one attached hydrogen (secondary N) is 1. The molecule has 0 saturated carbocycles. The minimum Gasteiger partial charge on any atom is -0.452 e. The van der Waals surface area contributed by atoms with Crippen molar-refractivity contribution in [2.24, 2.45) is 0 Å². The summed E-state index contributed by atoms with van der Waals surface area (Å²) in [7, 11) is 0. The summed E-state index contributed by atoms with van der Waals surface area (Å²) in [5.74, 6) is -1.11. The molecule has 2 aromatic carbocycles. The zero-order chi connectivity index (χ0) is 18.9. The highest BCUT2D eigenvalue weighted by molar-refractivity contribution is 5.91. The molecule has 1 atom stereocenters. The first-order valence-corrected chi connectivity index (χ1v) is 8.27. The van der Waals surface area contributed by atoms with Crippen molar-refractivity contribution in [1.29, 1.82) is 0 Å². The van der Waals surface area contributed by atoms with Gasteiger partial charge in [0.05, 0.1) is 16.5 Å². The second-order valence-corrected chi connectivity index (χ2v) is 5.70. The largest absolute Gasteiger partial charge is 0.452 e. The number of esters is 1. The maximum Gasteiger partial charge on any atom is 0.338 e. The molecule has 2 aromatic rings. The van der Waals surface area contributed by atoms with Gasteiger partial charge in [-0.05, 0) is 24.1 Å². The summed E-state index contributed by atoms with van der Waals surface area (Å²) in [5.41, 5.74) is 1.02. The maximum atomic E-state index is 12.1. The van der Waals surface area contributed by atoms with Gasteiger partial charge in [-0.3, -0.25) is 14.9 Å². The Hall–Kier alpha value is -3.22. The van der Waals surface area contributed by atoms with E-state index in [1.54, 1.807) is 0 Å². The summed E-state index contributed by atoms with van der Waals surface area (Å²) in [6.45, 7) is 1.61. The second kappa shape index (κ2) is 9.31. The fourth-order valence-corrected chi connectivity index (χ4v) is 2.47. The summed E-state index contributed by atoms with van der Waals surface area (Å²) >= 11 is 0. The van der Waals surface area contributed by atoms with Crippen LogP contribution in [0.5, 0.6) is 0 Å². The third kappa shape index (κ3) is 5.41. The van der Waals surface area contributed by atoms with E-state index in [0.717, 1.165) is 18.4 Å². The van der Waals surface area contributed by atoms with Gasteiger partial charge in [-0.25, -0.2) is 4.79 Å². The van der Waals surface area contributed by atoms with Crippen LogP contribution in [-0.2, 0) is 9.53 Å². The second-order valence-electron chi connectivity index (χ2n) is 5.70. The Morgan fingerprint density at radius 1 is 1.12 bits per heavy atom. The zero-order valence-corrected chi connectivity index (χ0v) is 14.4. The number of carbonyl (C=O) groups excluding carboxylic acids is 2. The minimum absolute atomic E-state index is 0.121. The van der Waals surface area contributed by atoms with E-state index >= 15 is 0 Å². The number of non-ortho nitro benzene ring substituents is 1. The lowest BCUT2D eigenvalue weighted by molar-refractivity contribution is -0.384. The Labute approximate surface area is 151 Å². The summed E-state index contributed by atoms with van der Waals surface area (Å²) in [4.78, 5) is 34.1. The number of nitro benzene ring substituents is 1. The van der Waals surface area contributed by atoms with Crippen LogP contribution >= 0.6 is 0 Å². The summed E-state index contributed by atoms with van der Waals surface area (Å²) in [5, 5.41) is 13.5. The summed E-state index contributed by atoms with van der Waals surface area (Å²) in [6.07, 6.45) is 1.66. The molecule has 1 amide bonds. The molecule has 136 valence electrons. The van der Waals surface area contributed by atoms with Gasteiger partial charge in [0, 0.05) is 12.1 Å². The van der Waals surface area contributed by atoms with E-state index < -0.39 is 23.4 Å². The van der Waals surface area contributed by atoms with Crippen LogP contribution in [0.1, 0.15) is 41.7 Å². The quantitative estimate of drug-likeness (QED) is 0.444. The highest BCUT2D eigenvalue weighted by Gasteiger charge is 2.16. The van der Waals surface area contributed by atoms with Gasteiger partial charge in [-0.1, -0.05) is 43.7 Å². The van der Waals surface area contributed by atoms with Crippen molar-refractivity contribution in [2.45, 2.75) is 25.8 Å². The van der Waals surface area contributed by atoms with Crippen molar-refractivity contribution >= 4 is 17.6 Å². The minimum atomic E-state index is -0.707. The van der Waals surface area contributed by atoms with Gasteiger partial charge in [0.15, 0.2) is 6.61 Å². The lowest BCUT2D eigenvalue weighted by Gasteiger charge is -2.18. The number of nitrogens with zero attached hydrogens (tertiary/aromatic N) is 1. The molecule has 0 spiro atoms. The van der Waals surface area contributed by atoms with E-state index in [4.69, 9.17) is 4.74 Å². The fourth-order valence-electron chi connectivity index (χ4n) is 2.47. The molecule has 1 unspecified atom stereocenters. The Bertz CT molecular complexity index is 759. The molecular weight excluding hydrogens is 336 g/mol. The first-order chi connectivity index (χ1) is 12.5. The van der Waals surface area contributed by atoms with E-state index in [2.05, 4.69) is 5.32 Å². The molecule has 0 bridgehead atoms. The fraction of sp³-hybridized carbons (Fsp3) is 0.263. The third-order valence-electron chi connectivity index (χ3n) is 3.76. The molecule has 7 heteroatoms. The van der Waals surface area contributed by atoms with Crippen LogP contribution in [0.15, 0.2) is 54.6 Å². The van der Waals surface area contributed by atoms with Gasteiger partial charge in [-0.2, -0.15) is 0 Å². The van der Waals surface area contributed by atoms with Crippen LogP contribution in [0.25, 0.3) is 0 Å². The van der Waals surface area contributed by atoms with Gasteiger partial charge in [0.1, 0.15) is 0 Å². The van der Waals surface area contributed by atoms with Crippen LogP contribution in [0.4, 0.5) is 5.69 Å². The molecule has 0 fully saturated rings. The Morgan fingerprint density at radius 2 is 1.77 bits per heavy atom. The SMILES string of the molecule is CCCC(NC(=O)COC(=O)c1ccc([N+](=O)[O-])cc1)c1ccccc1. The monoisotopic (exact) mass is 356 g/mol. The molecule has 26 heavy (non-hydrogen) atoms. The highest BCUT2D eigenvalue weighted by Crippen LogP contribution is 2.18. The number of ether oxygens (including phenoxy) is 1. The number of nitro groups is 1. The number of hydrogen-bond acceptors (Lipinski definition) is 5. The van der Waals surface area contributed by atoms with Crippen molar-refractivity contribution in [2.75, 3.05) is 6.61 Å². The number of carbonyl (C=O) groups is 2. The van der Waals surface area contributed by atoms with Crippen LogP contribution in [0.3, 0.4) is 0 Å². The average Bonchev–Trinajstić information content (AvgIpc) is 2.66. The van der Waals surface area contributed by atoms with E-state index in [-0.39, 0.29) is 17.3 Å². The molecule has 2 rings (SSSR count). The van der Waals surface area contributed by atoms with Crippen molar-refractivity contribution in [3.63, 3.8) is 0 Å². The van der Waals surface area contributed by atoms with Crippen LogP contribution in [-0.4, -0.2) is 23.4 Å². The van der Waals surface area contributed by atoms with Crippen LogP contribution in [0.2, 0.25) is 0 Å². The van der Waals surface area contributed by atoms with E-state index in [1.165, 1.54) is 24.3 Å². The summed E-state index contributed by atoms with van der Waals surface area (Å²) in [6, 6.07) is 14.4. The molecule has 0 radical (unpaired) electrons. The van der Waals surface area contributed by atoms with Crippen molar-refractivity contribution in [3.8, 4) is 0 Å². The number of hydrogen-bond donors (Lipinski definition) is 1. The zero-order valence-electron chi connectivity index (χ0n) is 14.4. The van der Waals surface area contributed by atoms with E-state index in [0.29, 0.717) is 0 Å². The van der Waals surface area contributed by atoms with Gasteiger partial charge in [-0.15, -0.1) is 0 Å². The molecule has 0 aliphatic carbocycles. The predicted molar refractivity (Wildman–Crippen MR) is 95.6 cm³/mol. The summed E-state index contributed by atoms with van der Waals surface area (Å²) < 4.78 is 4.98. The van der Waals surface area contributed by atoms with Crippen LogP contribution < -0.4 is 5.32 Å². The lowest BCUT2D eigenvalue weighted by atomic mass is 10.0. The maximum absolute atomic E-state index is 12.1. The topological polar surface area (TPSA) is 98.5 Å². The third-order valence-corrected chi connectivity index (χ3v) is 3.76. The van der Waals surface area contributed by atoms with Gasteiger partial charge in [0.25, 0.3) is 11.6 Å². The Kier molecular flexibility index (Phi) is 6.84. The molecular formula is C19H20N2O5. The van der Waals surface area contributed by atoms with Gasteiger partial charge < -0.3 is 10.1 Å². The van der Waals surface area contributed by atoms with Crippen molar-refractivity contribution in [1.82, 2.24) is 5.32 Å². The predicted octanol–water partition coefficient (Wildman–Crippen LogP) is 3.41. The molecule has 1 N–H and O–H groups in total. The molecule has 7 nitrogen and oxygen atoms in total. The smallest absolute Gasteiger partial charge is 0.338 e. The number of rotatable bonds is 8. The molecule has 0 aliphatic heterocycles. The lowest BCUT2D eigenvalue weighted by Crippen LogP contribution is -2.32. The van der Waals surface area contributed by atoms with Crippen LogP contribution in [0, 0.1) is 10.1 Å². The molecule has 0 saturated heterocycles. The molecule has 0 aliphatic rings. The van der Waals surface area contributed by atoms with Crippen molar-refractivity contribution in [3.05, 3.63) is 75.8 Å². The average molecular weight is 356 g/mol. The van der Waals surface area contributed by atoms with Crippen molar-refractivity contribution < 1.29 is 19.2 Å². The van der Waals surface area contributed by atoms with Gasteiger partial charge >= 0.3 is 5.97 Å². The standard InChI is InChI=1S/C19H20N2O5/c1-2-6-17(14-7-4-3-5-8-14)20-18(22)13-26-19(23)15-9-11-16(12-10-15)21(24)25/h3-5,7-12,17H,2,6,13H2,1H3,(H,20,22). The van der Waals surface area contributed by atoms with Gasteiger partial charge in [0.2, 0.25) is 0 Å². The Morgan fingerprint density at radius 3 is 2.35 bits per heavy atom. The first-order valence-electron chi connectivity index (χ1n) is 8.27. The van der Waals surface area contributed by atoms with E-state index in [1.807, 2.05) is 37.3 Å². The highest BCUT2D eigenvalue weighted by atomic mass is 16.6. The number of benzene rings is 2.